The number of halogens is 1. The van der Waals surface area contributed by atoms with Crippen LogP contribution in [0.2, 0.25) is 5.02 Å². The first-order chi connectivity index (χ1) is 13.2. The molecule has 0 saturated carbocycles. The quantitative estimate of drug-likeness (QED) is 0.734. The Kier molecular flexibility index (Phi) is 5.41. The highest BCUT2D eigenvalue weighted by Crippen LogP contribution is 2.20. The van der Waals surface area contributed by atoms with E-state index in [1.54, 1.807) is 0 Å². The van der Waals surface area contributed by atoms with Crippen LogP contribution in [0, 0.1) is 5.92 Å². The molecule has 3 heterocycles. The number of nitrogens with zero attached hydrogens (tertiary/aromatic N) is 3. The summed E-state index contributed by atoms with van der Waals surface area (Å²) in [7, 11) is 0. The van der Waals surface area contributed by atoms with Crippen molar-refractivity contribution < 1.29 is 4.79 Å². The van der Waals surface area contributed by atoms with Crippen molar-refractivity contribution in [2.24, 2.45) is 5.92 Å². The van der Waals surface area contributed by atoms with E-state index < -0.39 is 0 Å². The Morgan fingerprint density at radius 3 is 2.67 bits per heavy atom. The van der Waals surface area contributed by atoms with Gasteiger partial charge < -0.3 is 9.72 Å². The molecule has 1 N–H and O–H groups in total. The van der Waals surface area contributed by atoms with Gasteiger partial charge in [-0.25, -0.2) is 4.98 Å². The van der Waals surface area contributed by atoms with E-state index in [2.05, 4.69) is 15.2 Å². The van der Waals surface area contributed by atoms with E-state index in [0.29, 0.717) is 11.6 Å². The summed E-state index contributed by atoms with van der Waals surface area (Å²) in [6.45, 7) is 3.23. The molecule has 0 bridgehead atoms. The fraction of sp³-hybridized carbons (Fsp3) is 0.333. The molecule has 0 unspecified atom stereocenters. The van der Waals surface area contributed by atoms with Gasteiger partial charge in [0.05, 0.1) is 10.7 Å². The molecular weight excluding hydrogens is 360 g/mol. The number of likely N-dealkylation sites (tertiary alicyclic amines) is 1. The molecule has 0 aliphatic carbocycles. The second-order valence-electron chi connectivity index (χ2n) is 7.10. The van der Waals surface area contributed by atoms with Crippen molar-refractivity contribution in [3.63, 3.8) is 0 Å². The molecule has 1 fully saturated rings. The maximum absolute atomic E-state index is 12.4. The van der Waals surface area contributed by atoms with Crippen molar-refractivity contribution in [3.8, 4) is 0 Å². The lowest BCUT2D eigenvalue weighted by Crippen LogP contribution is -2.40. The highest BCUT2D eigenvalue weighted by Gasteiger charge is 2.25. The Bertz CT molecular complexity index is 916. The molecule has 4 rings (SSSR count). The van der Waals surface area contributed by atoms with Gasteiger partial charge in [-0.2, -0.15) is 0 Å². The zero-order valence-corrected chi connectivity index (χ0v) is 15.9. The lowest BCUT2D eigenvalue weighted by atomic mass is 9.95. The van der Waals surface area contributed by atoms with Gasteiger partial charge in [0.15, 0.2) is 0 Å². The fourth-order valence-electron chi connectivity index (χ4n) is 3.61. The first-order valence-corrected chi connectivity index (χ1v) is 9.72. The molecule has 1 aromatic carbocycles. The van der Waals surface area contributed by atoms with Crippen molar-refractivity contribution in [2.75, 3.05) is 13.1 Å². The third-order valence-electron chi connectivity index (χ3n) is 5.12. The summed E-state index contributed by atoms with van der Waals surface area (Å²) >= 11 is 6.03. The van der Waals surface area contributed by atoms with E-state index in [1.165, 1.54) is 0 Å². The Hall–Kier alpha value is -2.37. The molecule has 27 heavy (non-hydrogen) atoms. The molecule has 1 amide bonds. The lowest BCUT2D eigenvalue weighted by Gasteiger charge is -2.30. The SMILES string of the molecule is O=C(NCc1ccccc1)C1CCN(Cc2cn3cc(Cl)ccc3n2)CC1. The molecular formula is C21H23ClN4O. The van der Waals surface area contributed by atoms with Crippen molar-refractivity contribution in [1.29, 1.82) is 0 Å². The lowest BCUT2D eigenvalue weighted by molar-refractivity contribution is -0.126. The highest BCUT2D eigenvalue weighted by molar-refractivity contribution is 6.30. The molecule has 1 aliphatic rings. The number of aromatic nitrogens is 2. The minimum atomic E-state index is 0.102. The highest BCUT2D eigenvalue weighted by atomic mass is 35.5. The first kappa shape index (κ1) is 18.0. The van der Waals surface area contributed by atoms with Gasteiger partial charge in [0.2, 0.25) is 5.91 Å². The first-order valence-electron chi connectivity index (χ1n) is 9.34. The number of carbonyl (C=O) groups excluding carboxylic acids is 1. The van der Waals surface area contributed by atoms with Gasteiger partial charge in [0, 0.05) is 31.4 Å². The summed E-state index contributed by atoms with van der Waals surface area (Å²) < 4.78 is 1.96. The van der Waals surface area contributed by atoms with Crippen LogP contribution in [0.4, 0.5) is 0 Å². The van der Waals surface area contributed by atoms with Gasteiger partial charge in [-0.15, -0.1) is 0 Å². The number of fused-ring (bicyclic) bond motifs is 1. The minimum absolute atomic E-state index is 0.102. The molecule has 2 aromatic heterocycles. The zero-order valence-electron chi connectivity index (χ0n) is 15.1. The molecule has 1 saturated heterocycles. The van der Waals surface area contributed by atoms with Crippen LogP contribution in [0.25, 0.3) is 5.65 Å². The maximum Gasteiger partial charge on any atom is 0.223 e. The molecule has 3 aromatic rings. The Morgan fingerprint density at radius 1 is 1.11 bits per heavy atom. The number of nitrogens with one attached hydrogen (secondary N) is 1. The van der Waals surface area contributed by atoms with E-state index in [-0.39, 0.29) is 11.8 Å². The number of rotatable bonds is 5. The average molecular weight is 383 g/mol. The summed E-state index contributed by atoms with van der Waals surface area (Å²) in [5, 5.41) is 3.77. The molecule has 0 spiro atoms. The summed E-state index contributed by atoms with van der Waals surface area (Å²) in [5.74, 6) is 0.269. The topological polar surface area (TPSA) is 49.6 Å². The minimum Gasteiger partial charge on any atom is -0.352 e. The smallest absolute Gasteiger partial charge is 0.223 e. The molecule has 5 nitrogen and oxygen atoms in total. The summed E-state index contributed by atoms with van der Waals surface area (Å²) in [6.07, 6.45) is 5.68. The Morgan fingerprint density at radius 2 is 1.89 bits per heavy atom. The van der Waals surface area contributed by atoms with Crippen molar-refractivity contribution >= 4 is 23.2 Å². The molecule has 140 valence electrons. The fourth-order valence-corrected chi connectivity index (χ4v) is 3.77. The van der Waals surface area contributed by atoms with Crippen LogP contribution in [0.5, 0.6) is 0 Å². The van der Waals surface area contributed by atoms with E-state index in [1.807, 2.05) is 59.3 Å². The monoisotopic (exact) mass is 382 g/mol. The van der Waals surface area contributed by atoms with Crippen LogP contribution < -0.4 is 5.32 Å². The van der Waals surface area contributed by atoms with E-state index >= 15 is 0 Å². The molecule has 1 aliphatic heterocycles. The van der Waals surface area contributed by atoms with Crippen LogP contribution in [0.1, 0.15) is 24.1 Å². The van der Waals surface area contributed by atoms with Gasteiger partial charge in [0.25, 0.3) is 0 Å². The van der Waals surface area contributed by atoms with Gasteiger partial charge in [-0.05, 0) is 43.6 Å². The summed E-state index contributed by atoms with van der Waals surface area (Å²) in [6, 6.07) is 13.8. The van der Waals surface area contributed by atoms with E-state index in [0.717, 1.165) is 49.4 Å². The van der Waals surface area contributed by atoms with Crippen LogP contribution >= 0.6 is 11.6 Å². The summed E-state index contributed by atoms with van der Waals surface area (Å²) in [4.78, 5) is 19.4. The summed E-state index contributed by atoms with van der Waals surface area (Å²) in [5.41, 5.74) is 3.07. The number of benzene rings is 1. The Labute approximate surface area is 164 Å². The maximum atomic E-state index is 12.4. The van der Waals surface area contributed by atoms with Crippen molar-refractivity contribution in [1.82, 2.24) is 19.6 Å². The average Bonchev–Trinajstić information content (AvgIpc) is 3.09. The van der Waals surface area contributed by atoms with Gasteiger partial charge in [0.1, 0.15) is 5.65 Å². The second-order valence-corrected chi connectivity index (χ2v) is 7.54. The van der Waals surface area contributed by atoms with Crippen molar-refractivity contribution in [2.45, 2.75) is 25.9 Å². The number of hydrogen-bond acceptors (Lipinski definition) is 3. The zero-order chi connectivity index (χ0) is 18.6. The van der Waals surface area contributed by atoms with E-state index in [4.69, 9.17) is 11.6 Å². The van der Waals surface area contributed by atoms with Crippen LogP contribution in [0.15, 0.2) is 54.9 Å². The van der Waals surface area contributed by atoms with Gasteiger partial charge >= 0.3 is 0 Å². The van der Waals surface area contributed by atoms with Crippen LogP contribution in [0.3, 0.4) is 0 Å². The molecule has 0 atom stereocenters. The predicted octanol–water partition coefficient (Wildman–Crippen LogP) is 3.52. The number of pyridine rings is 1. The Balaban J connectivity index is 1.27. The number of imidazole rings is 1. The largest absolute Gasteiger partial charge is 0.352 e. The second kappa shape index (κ2) is 8.11. The normalized spacial score (nSPS) is 15.9. The number of carbonyl (C=O) groups is 1. The number of hydrogen-bond donors (Lipinski definition) is 1. The van der Waals surface area contributed by atoms with E-state index in [9.17, 15) is 4.79 Å². The number of piperidine rings is 1. The third-order valence-corrected chi connectivity index (χ3v) is 5.34. The standard InChI is InChI=1S/C21H23ClN4O/c22-18-6-7-20-24-19(15-26(20)13-18)14-25-10-8-17(9-11-25)21(27)23-12-16-4-2-1-3-5-16/h1-7,13,15,17H,8-12,14H2,(H,23,27). The van der Waals surface area contributed by atoms with Gasteiger partial charge in [-0.1, -0.05) is 41.9 Å². The molecule has 6 heteroatoms. The van der Waals surface area contributed by atoms with Crippen LogP contribution in [-0.4, -0.2) is 33.3 Å². The van der Waals surface area contributed by atoms with Crippen LogP contribution in [-0.2, 0) is 17.9 Å². The van der Waals surface area contributed by atoms with Crippen molar-refractivity contribution in [3.05, 3.63) is 71.1 Å². The van der Waals surface area contributed by atoms with Gasteiger partial charge in [-0.3, -0.25) is 9.69 Å². The third kappa shape index (κ3) is 4.49. The predicted molar refractivity (Wildman–Crippen MR) is 106 cm³/mol. The number of amides is 1. The molecule has 0 radical (unpaired) electrons.